The molecule has 2 aromatic rings. The number of nitrogens with zero attached hydrogens (tertiary/aromatic N) is 2. The molecule has 0 bridgehead atoms. The van der Waals surface area contributed by atoms with Crippen molar-refractivity contribution in [3.63, 3.8) is 0 Å². The molecule has 0 spiro atoms. The van der Waals surface area contributed by atoms with E-state index in [4.69, 9.17) is 4.42 Å². The molecule has 0 aliphatic heterocycles. The van der Waals surface area contributed by atoms with Gasteiger partial charge in [0.25, 0.3) is 0 Å². The third-order valence-corrected chi connectivity index (χ3v) is 1.74. The van der Waals surface area contributed by atoms with Crippen molar-refractivity contribution in [2.75, 3.05) is 0 Å². The van der Waals surface area contributed by atoms with Gasteiger partial charge in [-0.05, 0) is 12.1 Å². The third kappa shape index (κ3) is 1.54. The zero-order valence-electron chi connectivity index (χ0n) is 7.60. The highest BCUT2D eigenvalue weighted by atomic mass is 16.4. The van der Waals surface area contributed by atoms with Crippen molar-refractivity contribution in [2.45, 2.75) is 6.92 Å². The molecule has 14 heavy (non-hydrogen) atoms. The topological polar surface area (TPSA) is 56.0 Å². The number of hydrogen-bond acceptors (Lipinski definition) is 4. The van der Waals surface area contributed by atoms with Crippen molar-refractivity contribution in [1.29, 1.82) is 0 Å². The van der Waals surface area contributed by atoms with Crippen LogP contribution in [0.25, 0.3) is 11.6 Å². The van der Waals surface area contributed by atoms with E-state index in [0.717, 1.165) is 0 Å². The lowest BCUT2D eigenvalue weighted by Crippen LogP contribution is -1.86. The quantitative estimate of drug-likeness (QED) is 0.676. The molecule has 0 radical (unpaired) electrons. The molecule has 0 atom stereocenters. The van der Waals surface area contributed by atoms with Crippen molar-refractivity contribution < 1.29 is 9.21 Å². The maximum Gasteiger partial charge on any atom is 0.245 e. The highest BCUT2D eigenvalue weighted by Gasteiger charge is 2.09. The smallest absolute Gasteiger partial charge is 0.245 e. The van der Waals surface area contributed by atoms with Crippen molar-refractivity contribution in [1.82, 2.24) is 9.97 Å². The standard InChI is InChI=1S/C10H8N2O2/c1-7(13)9-6-12-10(14-9)8-4-2-3-5-11-8/h2-6H,1H3. The van der Waals surface area contributed by atoms with Gasteiger partial charge in [-0.2, -0.15) is 0 Å². The molecular weight excluding hydrogens is 180 g/mol. The Hall–Kier alpha value is -1.97. The summed E-state index contributed by atoms with van der Waals surface area (Å²) in [7, 11) is 0. The highest BCUT2D eigenvalue weighted by molar-refractivity contribution is 5.91. The van der Waals surface area contributed by atoms with Crippen LogP contribution in [0.1, 0.15) is 17.5 Å². The van der Waals surface area contributed by atoms with Gasteiger partial charge >= 0.3 is 0 Å². The number of aromatic nitrogens is 2. The first-order chi connectivity index (χ1) is 6.77. The summed E-state index contributed by atoms with van der Waals surface area (Å²) < 4.78 is 5.21. The Morgan fingerprint density at radius 1 is 1.36 bits per heavy atom. The number of pyridine rings is 1. The zero-order chi connectivity index (χ0) is 9.97. The molecule has 4 heteroatoms. The average Bonchev–Trinajstić information content (AvgIpc) is 2.68. The molecule has 0 N–H and O–H groups in total. The van der Waals surface area contributed by atoms with Gasteiger partial charge in [0.05, 0.1) is 6.20 Å². The van der Waals surface area contributed by atoms with E-state index < -0.39 is 0 Å². The van der Waals surface area contributed by atoms with Crippen molar-refractivity contribution in [2.24, 2.45) is 0 Å². The minimum absolute atomic E-state index is 0.139. The first-order valence-corrected chi connectivity index (χ1v) is 4.15. The zero-order valence-corrected chi connectivity index (χ0v) is 7.60. The van der Waals surface area contributed by atoms with E-state index in [1.807, 2.05) is 6.07 Å². The maximum atomic E-state index is 10.9. The van der Waals surface area contributed by atoms with Gasteiger partial charge in [-0.25, -0.2) is 4.98 Å². The molecule has 2 aromatic heterocycles. The van der Waals surface area contributed by atoms with Crippen LogP contribution in [0.2, 0.25) is 0 Å². The fourth-order valence-corrected chi connectivity index (χ4v) is 1.04. The fourth-order valence-electron chi connectivity index (χ4n) is 1.04. The number of Topliss-reactive ketones (excluding diaryl/α,β-unsaturated/α-hetero) is 1. The number of ketones is 1. The lowest BCUT2D eigenvalue weighted by atomic mass is 10.3. The van der Waals surface area contributed by atoms with E-state index in [-0.39, 0.29) is 11.5 Å². The lowest BCUT2D eigenvalue weighted by Gasteiger charge is -1.91. The van der Waals surface area contributed by atoms with Gasteiger partial charge in [-0.15, -0.1) is 0 Å². The maximum absolute atomic E-state index is 10.9. The largest absolute Gasteiger partial charge is 0.432 e. The Bertz CT molecular complexity index is 448. The van der Waals surface area contributed by atoms with Crippen LogP contribution in [0.5, 0.6) is 0 Å². The van der Waals surface area contributed by atoms with Gasteiger partial charge in [0.15, 0.2) is 11.5 Å². The summed E-state index contributed by atoms with van der Waals surface area (Å²) in [4.78, 5) is 18.9. The molecule has 2 heterocycles. The van der Waals surface area contributed by atoms with Gasteiger partial charge < -0.3 is 4.42 Å². The van der Waals surface area contributed by atoms with Crippen molar-refractivity contribution in [3.05, 3.63) is 36.4 Å². The summed E-state index contributed by atoms with van der Waals surface area (Å²) in [6, 6.07) is 5.41. The van der Waals surface area contributed by atoms with E-state index in [1.165, 1.54) is 13.1 Å². The van der Waals surface area contributed by atoms with Gasteiger partial charge in [0, 0.05) is 13.1 Å². The summed E-state index contributed by atoms with van der Waals surface area (Å²) in [5.41, 5.74) is 0.625. The van der Waals surface area contributed by atoms with Crippen LogP contribution in [0.15, 0.2) is 35.0 Å². The first kappa shape index (κ1) is 8.62. The Kier molecular flexibility index (Phi) is 2.10. The minimum Gasteiger partial charge on any atom is -0.432 e. The number of hydrogen-bond donors (Lipinski definition) is 0. The molecule has 0 aliphatic carbocycles. The number of carbonyl (C=O) groups is 1. The normalized spacial score (nSPS) is 10.1. The molecule has 2 rings (SSSR count). The monoisotopic (exact) mass is 188 g/mol. The third-order valence-electron chi connectivity index (χ3n) is 1.74. The predicted octanol–water partition coefficient (Wildman–Crippen LogP) is 1.94. The summed E-state index contributed by atoms with van der Waals surface area (Å²) in [6.45, 7) is 1.43. The predicted molar refractivity (Wildman–Crippen MR) is 49.7 cm³/mol. The van der Waals surface area contributed by atoms with Crippen molar-refractivity contribution >= 4 is 5.78 Å². The average molecular weight is 188 g/mol. The molecule has 0 amide bonds. The molecule has 0 saturated heterocycles. The number of rotatable bonds is 2. The van der Waals surface area contributed by atoms with E-state index in [9.17, 15) is 4.79 Å². The van der Waals surface area contributed by atoms with Crippen LogP contribution in [-0.4, -0.2) is 15.8 Å². The Morgan fingerprint density at radius 2 is 2.21 bits per heavy atom. The Labute approximate surface area is 80.6 Å². The van der Waals surface area contributed by atoms with Gasteiger partial charge in [-0.1, -0.05) is 6.07 Å². The van der Waals surface area contributed by atoms with Crippen LogP contribution in [0.3, 0.4) is 0 Å². The number of oxazole rings is 1. The highest BCUT2D eigenvalue weighted by Crippen LogP contribution is 2.15. The summed E-state index contributed by atoms with van der Waals surface area (Å²) in [5.74, 6) is 0.487. The van der Waals surface area contributed by atoms with E-state index >= 15 is 0 Å². The van der Waals surface area contributed by atoms with Crippen LogP contribution in [0, 0.1) is 0 Å². The second kappa shape index (κ2) is 3.41. The Morgan fingerprint density at radius 3 is 2.79 bits per heavy atom. The molecule has 0 unspecified atom stereocenters. The lowest BCUT2D eigenvalue weighted by molar-refractivity contribution is 0.0988. The molecule has 0 saturated carbocycles. The summed E-state index contributed by atoms with van der Waals surface area (Å²) in [6.07, 6.45) is 3.05. The molecule has 4 nitrogen and oxygen atoms in total. The molecule has 0 aliphatic rings. The summed E-state index contributed by atoms with van der Waals surface area (Å²) >= 11 is 0. The molecule has 0 fully saturated rings. The van der Waals surface area contributed by atoms with Crippen LogP contribution in [-0.2, 0) is 0 Å². The van der Waals surface area contributed by atoms with E-state index in [1.54, 1.807) is 18.3 Å². The molecule has 0 aromatic carbocycles. The van der Waals surface area contributed by atoms with Gasteiger partial charge in [0.2, 0.25) is 5.89 Å². The van der Waals surface area contributed by atoms with E-state index in [2.05, 4.69) is 9.97 Å². The minimum atomic E-state index is -0.139. The SMILES string of the molecule is CC(=O)c1cnc(-c2ccccn2)o1. The number of carbonyl (C=O) groups excluding carboxylic acids is 1. The van der Waals surface area contributed by atoms with Crippen LogP contribution in [0.4, 0.5) is 0 Å². The van der Waals surface area contributed by atoms with Crippen LogP contribution < -0.4 is 0 Å². The molecular formula is C10H8N2O2. The molecule has 70 valence electrons. The fraction of sp³-hybridized carbons (Fsp3) is 0.100. The second-order valence-corrected chi connectivity index (χ2v) is 2.80. The second-order valence-electron chi connectivity index (χ2n) is 2.80. The van der Waals surface area contributed by atoms with Crippen LogP contribution >= 0.6 is 0 Å². The van der Waals surface area contributed by atoms with E-state index in [0.29, 0.717) is 11.6 Å². The van der Waals surface area contributed by atoms with Crippen molar-refractivity contribution in [3.8, 4) is 11.6 Å². The van der Waals surface area contributed by atoms with Gasteiger partial charge in [-0.3, -0.25) is 9.78 Å². The first-order valence-electron chi connectivity index (χ1n) is 4.15. The van der Waals surface area contributed by atoms with Gasteiger partial charge in [0.1, 0.15) is 5.69 Å². The Balaban J connectivity index is 2.39. The summed E-state index contributed by atoms with van der Waals surface area (Å²) in [5, 5.41) is 0.